The third kappa shape index (κ3) is 3.06. The number of nitrogen functional groups attached to an aromatic ring is 1. The van der Waals surface area contributed by atoms with Crippen molar-refractivity contribution in [3.8, 4) is 0 Å². The molecule has 0 bridgehead atoms. The van der Waals surface area contributed by atoms with Crippen molar-refractivity contribution in [1.29, 1.82) is 5.41 Å². The van der Waals surface area contributed by atoms with E-state index in [0.717, 1.165) is 25.9 Å². The Balaban J connectivity index is 2.34. The number of benzene rings is 2. The van der Waals surface area contributed by atoms with E-state index in [1.165, 1.54) is 0 Å². The summed E-state index contributed by atoms with van der Waals surface area (Å²) in [5, 5.41) is 8.33. The molecule has 0 aliphatic rings. The fraction of sp³-hybridized carbons (Fsp3) is 0.0714. The summed E-state index contributed by atoms with van der Waals surface area (Å²) in [4.78, 5) is 2.06. The van der Waals surface area contributed by atoms with E-state index >= 15 is 0 Å². The molecule has 0 spiro atoms. The van der Waals surface area contributed by atoms with Crippen molar-refractivity contribution < 1.29 is 0 Å². The Morgan fingerprint density at radius 2 is 1.83 bits per heavy atom. The largest absolute Gasteiger partial charge is 0.384 e. The van der Waals surface area contributed by atoms with E-state index in [1.807, 2.05) is 49.4 Å². The predicted molar refractivity (Wildman–Crippen MR) is 77.8 cm³/mol. The summed E-state index contributed by atoms with van der Waals surface area (Å²) < 4.78 is 0. The van der Waals surface area contributed by atoms with Crippen molar-refractivity contribution in [2.24, 2.45) is 5.73 Å². The van der Waals surface area contributed by atoms with Crippen LogP contribution in [0.4, 0.5) is 0 Å². The first-order valence-electron chi connectivity index (χ1n) is 5.45. The molecule has 0 saturated heterocycles. The van der Waals surface area contributed by atoms with Crippen molar-refractivity contribution in [3.63, 3.8) is 0 Å². The van der Waals surface area contributed by atoms with Crippen LogP contribution in [0.5, 0.6) is 0 Å². The molecule has 2 aromatic rings. The Bertz CT molecular complexity index is 579. The lowest BCUT2D eigenvalue weighted by molar-refractivity contribution is 1.30. The van der Waals surface area contributed by atoms with Gasteiger partial charge in [-0.3, -0.25) is 5.41 Å². The maximum Gasteiger partial charge on any atom is 0.123 e. The molecule has 0 aliphatic heterocycles. The van der Waals surface area contributed by atoms with E-state index in [0.29, 0.717) is 0 Å². The van der Waals surface area contributed by atoms with Gasteiger partial charge in [-0.15, -0.1) is 0 Å². The van der Waals surface area contributed by atoms with Crippen LogP contribution in [-0.2, 0) is 0 Å². The highest BCUT2D eigenvalue weighted by molar-refractivity contribution is 7.99. The molecule has 0 fully saturated rings. The molecule has 2 rings (SSSR count). The van der Waals surface area contributed by atoms with Gasteiger partial charge in [0, 0.05) is 20.4 Å². The highest BCUT2D eigenvalue weighted by Crippen LogP contribution is 2.31. The monoisotopic (exact) mass is 276 g/mol. The van der Waals surface area contributed by atoms with Gasteiger partial charge in [0.2, 0.25) is 0 Å². The SMILES string of the molecule is Cc1ccc(Sc2ccc(Cl)cc2)c(C(=N)N)c1. The van der Waals surface area contributed by atoms with Crippen molar-refractivity contribution in [3.05, 3.63) is 58.6 Å². The first-order chi connectivity index (χ1) is 8.56. The van der Waals surface area contributed by atoms with Crippen LogP contribution in [-0.4, -0.2) is 5.84 Å². The standard InChI is InChI=1S/C14H13ClN2S/c1-9-2-7-13(12(8-9)14(16)17)18-11-5-3-10(15)4-6-11/h2-8H,1H3,(H3,16,17). The third-order valence-corrected chi connectivity index (χ3v) is 3.80. The molecule has 18 heavy (non-hydrogen) atoms. The number of nitrogens with one attached hydrogen (secondary N) is 1. The van der Waals surface area contributed by atoms with Gasteiger partial charge < -0.3 is 5.73 Å². The summed E-state index contributed by atoms with van der Waals surface area (Å²) >= 11 is 7.43. The van der Waals surface area contributed by atoms with Gasteiger partial charge in [0.05, 0.1) is 0 Å². The van der Waals surface area contributed by atoms with Gasteiger partial charge in [-0.05, 0) is 43.3 Å². The molecular weight excluding hydrogens is 264 g/mol. The smallest absolute Gasteiger partial charge is 0.123 e. The molecule has 0 amide bonds. The number of aryl methyl sites for hydroxylation is 1. The normalized spacial score (nSPS) is 10.3. The molecule has 0 heterocycles. The van der Waals surface area contributed by atoms with Gasteiger partial charge in [-0.25, -0.2) is 0 Å². The van der Waals surface area contributed by atoms with Gasteiger partial charge in [0.1, 0.15) is 5.84 Å². The second-order valence-electron chi connectivity index (χ2n) is 3.97. The summed E-state index contributed by atoms with van der Waals surface area (Å²) in [7, 11) is 0. The second kappa shape index (κ2) is 5.46. The fourth-order valence-electron chi connectivity index (χ4n) is 1.57. The van der Waals surface area contributed by atoms with Crippen LogP contribution in [0.2, 0.25) is 5.02 Å². The van der Waals surface area contributed by atoms with Crippen LogP contribution in [0, 0.1) is 12.3 Å². The highest BCUT2D eigenvalue weighted by atomic mass is 35.5. The zero-order chi connectivity index (χ0) is 13.1. The Morgan fingerprint density at radius 1 is 1.17 bits per heavy atom. The lowest BCUT2D eigenvalue weighted by atomic mass is 10.1. The molecule has 0 aromatic heterocycles. The average molecular weight is 277 g/mol. The van der Waals surface area contributed by atoms with Gasteiger partial charge in [0.25, 0.3) is 0 Å². The summed E-state index contributed by atoms with van der Waals surface area (Å²) in [6.07, 6.45) is 0. The quantitative estimate of drug-likeness (QED) is 0.655. The van der Waals surface area contributed by atoms with Crippen molar-refractivity contribution >= 4 is 29.2 Å². The first kappa shape index (κ1) is 13.0. The Kier molecular flexibility index (Phi) is 3.94. The molecule has 4 heteroatoms. The Labute approximate surface area is 116 Å². The summed E-state index contributed by atoms with van der Waals surface area (Å²) in [5.41, 5.74) is 7.48. The van der Waals surface area contributed by atoms with Gasteiger partial charge in [0.15, 0.2) is 0 Å². The van der Waals surface area contributed by atoms with Crippen LogP contribution >= 0.6 is 23.4 Å². The Hall–Kier alpha value is -1.45. The van der Waals surface area contributed by atoms with Crippen LogP contribution in [0.1, 0.15) is 11.1 Å². The number of amidine groups is 1. The lowest BCUT2D eigenvalue weighted by Gasteiger charge is -2.09. The number of rotatable bonds is 3. The maximum absolute atomic E-state index is 7.62. The molecule has 0 aliphatic carbocycles. The van der Waals surface area contributed by atoms with Gasteiger partial charge in [-0.1, -0.05) is 35.0 Å². The van der Waals surface area contributed by atoms with E-state index in [4.69, 9.17) is 22.7 Å². The second-order valence-corrected chi connectivity index (χ2v) is 5.52. The minimum Gasteiger partial charge on any atom is -0.384 e. The molecule has 0 saturated carbocycles. The highest BCUT2D eigenvalue weighted by Gasteiger charge is 2.07. The average Bonchev–Trinajstić information content (AvgIpc) is 2.34. The molecule has 92 valence electrons. The van der Waals surface area contributed by atoms with Crippen molar-refractivity contribution in [2.45, 2.75) is 16.7 Å². The molecule has 0 unspecified atom stereocenters. The van der Waals surface area contributed by atoms with Crippen LogP contribution in [0.25, 0.3) is 0 Å². The van der Waals surface area contributed by atoms with Crippen molar-refractivity contribution in [2.75, 3.05) is 0 Å². The zero-order valence-electron chi connectivity index (χ0n) is 9.91. The summed E-state index contributed by atoms with van der Waals surface area (Å²) in [5.74, 6) is 0.0927. The van der Waals surface area contributed by atoms with E-state index in [1.54, 1.807) is 11.8 Å². The van der Waals surface area contributed by atoms with Gasteiger partial charge >= 0.3 is 0 Å². The van der Waals surface area contributed by atoms with E-state index in [9.17, 15) is 0 Å². The lowest BCUT2D eigenvalue weighted by Crippen LogP contribution is -2.12. The van der Waals surface area contributed by atoms with Crippen LogP contribution < -0.4 is 5.73 Å². The Morgan fingerprint density at radius 3 is 2.44 bits per heavy atom. The van der Waals surface area contributed by atoms with Crippen LogP contribution in [0.15, 0.2) is 52.3 Å². The predicted octanol–water partition coefficient (Wildman–Crippen LogP) is 4.08. The molecular formula is C14H13ClN2S. The molecule has 3 N–H and O–H groups in total. The number of halogens is 1. The van der Waals surface area contributed by atoms with E-state index < -0.39 is 0 Å². The molecule has 0 radical (unpaired) electrons. The number of hydrogen-bond donors (Lipinski definition) is 2. The van der Waals surface area contributed by atoms with Crippen LogP contribution in [0.3, 0.4) is 0 Å². The minimum atomic E-state index is 0.0927. The van der Waals surface area contributed by atoms with Gasteiger partial charge in [-0.2, -0.15) is 0 Å². The minimum absolute atomic E-state index is 0.0927. The topological polar surface area (TPSA) is 49.9 Å². The zero-order valence-corrected chi connectivity index (χ0v) is 11.5. The maximum atomic E-state index is 7.62. The fourth-order valence-corrected chi connectivity index (χ4v) is 2.64. The van der Waals surface area contributed by atoms with Crippen molar-refractivity contribution in [1.82, 2.24) is 0 Å². The number of nitrogens with two attached hydrogens (primary N) is 1. The molecule has 0 atom stereocenters. The van der Waals surface area contributed by atoms with E-state index in [2.05, 4.69) is 0 Å². The molecule has 2 aromatic carbocycles. The number of hydrogen-bond acceptors (Lipinski definition) is 2. The summed E-state index contributed by atoms with van der Waals surface area (Å²) in [6.45, 7) is 1.99. The van der Waals surface area contributed by atoms with E-state index in [-0.39, 0.29) is 5.84 Å². The first-order valence-corrected chi connectivity index (χ1v) is 6.64. The molecule has 2 nitrogen and oxygen atoms in total. The summed E-state index contributed by atoms with van der Waals surface area (Å²) in [6, 6.07) is 13.6. The third-order valence-electron chi connectivity index (χ3n) is 2.47.